The van der Waals surface area contributed by atoms with Gasteiger partial charge in [0.15, 0.2) is 5.78 Å². The Morgan fingerprint density at radius 1 is 1.14 bits per heavy atom. The Morgan fingerprint density at radius 3 is 2.64 bits per heavy atom. The highest BCUT2D eigenvalue weighted by atomic mass is 16.5. The Labute approximate surface area is 167 Å². The van der Waals surface area contributed by atoms with Gasteiger partial charge >= 0.3 is 0 Å². The van der Waals surface area contributed by atoms with Gasteiger partial charge in [0.05, 0.1) is 23.4 Å². The van der Waals surface area contributed by atoms with E-state index in [4.69, 9.17) is 4.74 Å². The van der Waals surface area contributed by atoms with E-state index in [0.717, 1.165) is 49.0 Å². The number of hydrogen-bond acceptors (Lipinski definition) is 5. The molecule has 0 saturated carbocycles. The van der Waals surface area contributed by atoms with Crippen molar-refractivity contribution < 1.29 is 14.3 Å². The molecule has 0 bridgehead atoms. The number of ether oxygens (including phenoxy) is 1. The van der Waals surface area contributed by atoms with Gasteiger partial charge in [0.25, 0.3) is 0 Å². The lowest BCUT2D eigenvalue weighted by Gasteiger charge is -2.26. The molecule has 1 amide bonds. The number of nitrogens with one attached hydrogen (secondary N) is 2. The lowest BCUT2D eigenvalue weighted by atomic mass is 9.77. The van der Waals surface area contributed by atoms with Crippen molar-refractivity contribution in [1.82, 2.24) is 5.43 Å². The van der Waals surface area contributed by atoms with Crippen LogP contribution in [0.3, 0.4) is 0 Å². The van der Waals surface area contributed by atoms with Crippen LogP contribution in [-0.4, -0.2) is 32.0 Å². The number of amides is 1. The van der Waals surface area contributed by atoms with Crippen LogP contribution in [0.15, 0.2) is 30.0 Å². The smallest absolute Gasteiger partial charge is 0.237 e. The van der Waals surface area contributed by atoms with Crippen molar-refractivity contribution in [2.45, 2.75) is 57.8 Å². The van der Waals surface area contributed by atoms with E-state index >= 15 is 0 Å². The van der Waals surface area contributed by atoms with Crippen molar-refractivity contribution in [2.24, 2.45) is 0 Å². The number of ketones is 1. The van der Waals surface area contributed by atoms with Gasteiger partial charge in [-0.1, -0.05) is 19.9 Å². The maximum atomic E-state index is 13.2. The Bertz CT molecular complexity index is 768. The molecule has 1 aromatic rings. The average Bonchev–Trinajstić information content (AvgIpc) is 2.81. The topological polar surface area (TPSA) is 70.7 Å². The summed E-state index contributed by atoms with van der Waals surface area (Å²) >= 11 is 0. The number of carbonyl (C=O) groups is 2. The van der Waals surface area contributed by atoms with Crippen molar-refractivity contribution in [1.29, 1.82) is 0 Å². The second kappa shape index (κ2) is 8.78. The van der Waals surface area contributed by atoms with Gasteiger partial charge in [0.1, 0.15) is 0 Å². The zero-order valence-electron chi connectivity index (χ0n) is 17.1. The quantitative estimate of drug-likeness (QED) is 0.668. The van der Waals surface area contributed by atoms with Gasteiger partial charge in [-0.2, -0.15) is 0 Å². The molecule has 0 radical (unpaired) electrons. The lowest BCUT2D eigenvalue weighted by molar-refractivity contribution is -0.123. The van der Waals surface area contributed by atoms with Crippen molar-refractivity contribution in [3.63, 3.8) is 0 Å². The maximum absolute atomic E-state index is 13.2. The Hall–Kier alpha value is -2.34. The van der Waals surface area contributed by atoms with Gasteiger partial charge in [0, 0.05) is 25.8 Å². The first-order valence-electron chi connectivity index (χ1n) is 10.3. The number of fused-ring (bicyclic) bond motifs is 1. The van der Waals surface area contributed by atoms with Gasteiger partial charge in [-0.3, -0.25) is 15.0 Å². The molecular formula is C22H31N3O3. The van der Waals surface area contributed by atoms with E-state index in [9.17, 15) is 9.59 Å². The van der Waals surface area contributed by atoms with E-state index in [1.165, 1.54) is 0 Å². The number of hydrazine groups is 1. The summed E-state index contributed by atoms with van der Waals surface area (Å²) in [4.78, 5) is 27.2. The van der Waals surface area contributed by atoms with Crippen molar-refractivity contribution >= 4 is 23.1 Å². The fourth-order valence-electron chi connectivity index (χ4n) is 4.24. The summed E-state index contributed by atoms with van der Waals surface area (Å²) in [5.74, 6) is 0.292. The highest BCUT2D eigenvalue weighted by molar-refractivity contribution is 6.08. The summed E-state index contributed by atoms with van der Waals surface area (Å²) in [5, 5.41) is 0. The molecule has 1 aromatic carbocycles. The van der Waals surface area contributed by atoms with E-state index in [2.05, 4.69) is 24.7 Å². The summed E-state index contributed by atoms with van der Waals surface area (Å²) in [6.07, 6.45) is 6.95. The molecule has 6 nitrogen and oxygen atoms in total. The fourth-order valence-corrected chi connectivity index (χ4v) is 4.24. The first-order chi connectivity index (χ1) is 13.6. The third kappa shape index (κ3) is 3.65. The SMILES string of the molecule is CCC1(CC)C(=O)N(CCOC)c2ccc(NNC3=CCCCCC3=O)cc21. The van der Waals surface area contributed by atoms with Crippen LogP contribution in [0.2, 0.25) is 0 Å². The number of allylic oxidation sites excluding steroid dienone is 2. The minimum atomic E-state index is -0.502. The molecule has 0 saturated heterocycles. The molecule has 0 aromatic heterocycles. The fraction of sp³-hybridized carbons (Fsp3) is 0.545. The van der Waals surface area contributed by atoms with Crippen molar-refractivity contribution in [3.8, 4) is 0 Å². The average molecular weight is 386 g/mol. The van der Waals surface area contributed by atoms with Gasteiger partial charge in [-0.25, -0.2) is 0 Å². The zero-order chi connectivity index (χ0) is 20.1. The molecular weight excluding hydrogens is 354 g/mol. The van der Waals surface area contributed by atoms with Gasteiger partial charge in [0.2, 0.25) is 5.91 Å². The minimum Gasteiger partial charge on any atom is -0.383 e. The molecule has 0 fully saturated rings. The zero-order valence-corrected chi connectivity index (χ0v) is 17.1. The molecule has 152 valence electrons. The number of carbonyl (C=O) groups excluding carboxylic acids is 2. The number of anilines is 2. The van der Waals surface area contributed by atoms with E-state index in [-0.39, 0.29) is 11.7 Å². The molecule has 2 N–H and O–H groups in total. The summed E-state index contributed by atoms with van der Waals surface area (Å²) in [6.45, 7) is 5.19. The van der Waals surface area contributed by atoms with Crippen LogP contribution in [0.1, 0.15) is 57.9 Å². The Balaban J connectivity index is 1.85. The van der Waals surface area contributed by atoms with E-state index in [1.807, 2.05) is 29.2 Å². The molecule has 1 aliphatic heterocycles. The van der Waals surface area contributed by atoms with E-state index in [0.29, 0.717) is 25.3 Å². The predicted molar refractivity (Wildman–Crippen MR) is 111 cm³/mol. The van der Waals surface area contributed by atoms with Crippen LogP contribution in [0.5, 0.6) is 0 Å². The molecule has 2 aliphatic rings. The van der Waals surface area contributed by atoms with Crippen molar-refractivity contribution in [2.75, 3.05) is 30.6 Å². The van der Waals surface area contributed by atoms with Crippen LogP contribution in [0.25, 0.3) is 0 Å². The number of benzene rings is 1. The number of Topliss-reactive ketones (excluding diaryl/α,β-unsaturated/α-hetero) is 1. The largest absolute Gasteiger partial charge is 0.383 e. The number of nitrogens with zero attached hydrogens (tertiary/aromatic N) is 1. The summed E-state index contributed by atoms with van der Waals surface area (Å²) in [5.41, 5.74) is 9.24. The van der Waals surface area contributed by atoms with Crippen LogP contribution >= 0.6 is 0 Å². The third-order valence-corrected chi connectivity index (χ3v) is 6.03. The highest BCUT2D eigenvalue weighted by Crippen LogP contribution is 2.47. The molecule has 1 aliphatic carbocycles. The number of methoxy groups -OCH3 is 1. The first-order valence-corrected chi connectivity index (χ1v) is 10.3. The monoisotopic (exact) mass is 385 g/mol. The second-order valence-corrected chi connectivity index (χ2v) is 7.51. The van der Waals surface area contributed by atoms with Gasteiger partial charge in [-0.15, -0.1) is 0 Å². The van der Waals surface area contributed by atoms with E-state index in [1.54, 1.807) is 7.11 Å². The van der Waals surface area contributed by atoms with Crippen LogP contribution in [0.4, 0.5) is 11.4 Å². The first kappa shape index (κ1) is 20.4. The molecule has 3 rings (SSSR count). The molecule has 0 atom stereocenters. The number of hydrogen-bond donors (Lipinski definition) is 2. The normalized spacial score (nSPS) is 18.5. The number of rotatable bonds is 8. The lowest BCUT2D eigenvalue weighted by Crippen LogP contribution is -2.41. The van der Waals surface area contributed by atoms with Gasteiger partial charge in [-0.05, 0) is 55.9 Å². The minimum absolute atomic E-state index is 0.142. The molecule has 1 heterocycles. The molecule has 0 spiro atoms. The second-order valence-electron chi connectivity index (χ2n) is 7.51. The van der Waals surface area contributed by atoms with Gasteiger partial charge < -0.3 is 15.1 Å². The van der Waals surface area contributed by atoms with Crippen molar-refractivity contribution in [3.05, 3.63) is 35.5 Å². The molecule has 0 unspecified atom stereocenters. The predicted octanol–water partition coefficient (Wildman–Crippen LogP) is 3.68. The Morgan fingerprint density at radius 2 is 1.93 bits per heavy atom. The summed E-state index contributed by atoms with van der Waals surface area (Å²) < 4.78 is 5.20. The molecule has 6 heteroatoms. The van der Waals surface area contributed by atoms with Crippen LogP contribution < -0.4 is 15.8 Å². The highest BCUT2D eigenvalue weighted by Gasteiger charge is 2.48. The van der Waals surface area contributed by atoms with E-state index < -0.39 is 5.41 Å². The maximum Gasteiger partial charge on any atom is 0.237 e. The standard InChI is InChI=1S/C22H31N3O3/c1-4-22(5-2)17-15-16(23-24-18-9-7-6-8-10-20(18)26)11-12-19(17)25(21(22)27)13-14-28-3/h9,11-12,15,23-24H,4-8,10,13-14H2,1-3H3. The summed E-state index contributed by atoms with van der Waals surface area (Å²) in [7, 11) is 1.65. The summed E-state index contributed by atoms with van der Waals surface area (Å²) in [6, 6.07) is 5.98. The third-order valence-electron chi connectivity index (χ3n) is 6.03. The van der Waals surface area contributed by atoms with Crippen LogP contribution in [-0.2, 0) is 19.7 Å². The molecule has 28 heavy (non-hydrogen) atoms. The van der Waals surface area contributed by atoms with Crippen LogP contribution in [0, 0.1) is 0 Å². The Kier molecular flexibility index (Phi) is 6.39.